The predicted octanol–water partition coefficient (Wildman–Crippen LogP) is 3.04. The zero-order valence-corrected chi connectivity index (χ0v) is 11.4. The molecule has 0 radical (unpaired) electrons. The monoisotopic (exact) mass is 271 g/mol. The molecule has 0 aromatic heterocycles. The highest BCUT2D eigenvalue weighted by atomic mass is 35.5. The highest BCUT2D eigenvalue weighted by Gasteiger charge is 2.32. The molecule has 2 nitrogen and oxygen atoms in total. The van der Waals surface area contributed by atoms with Crippen LogP contribution in [0.15, 0.2) is 18.2 Å². The zero-order valence-electron chi connectivity index (χ0n) is 10.6. The number of rotatable bonds is 4. The van der Waals surface area contributed by atoms with Crippen LogP contribution >= 0.6 is 11.6 Å². The largest absolute Gasteiger partial charge is 0.381 e. The number of hydrogen-bond donors (Lipinski definition) is 1. The Kier molecular flexibility index (Phi) is 4.60. The zero-order chi connectivity index (χ0) is 13.0. The Bertz CT molecular complexity index is 399. The number of hydrogen-bond acceptors (Lipinski definition) is 2. The smallest absolute Gasteiger partial charge is 0.141 e. The van der Waals surface area contributed by atoms with E-state index in [1.54, 1.807) is 6.07 Å². The van der Waals surface area contributed by atoms with Gasteiger partial charge < -0.3 is 10.1 Å². The molecular formula is C14H19ClFNO. The maximum atomic E-state index is 13.2. The minimum absolute atomic E-state index is 0.105. The lowest BCUT2D eigenvalue weighted by atomic mass is 9.77. The molecule has 100 valence electrons. The van der Waals surface area contributed by atoms with Gasteiger partial charge in [-0.1, -0.05) is 17.7 Å². The molecule has 1 saturated heterocycles. The molecule has 1 unspecified atom stereocenters. The van der Waals surface area contributed by atoms with E-state index in [-0.39, 0.29) is 16.3 Å². The molecule has 1 aliphatic rings. The third-order valence-corrected chi connectivity index (χ3v) is 3.81. The first-order chi connectivity index (χ1) is 8.65. The molecule has 4 heteroatoms. The van der Waals surface area contributed by atoms with Crippen molar-refractivity contribution in [2.45, 2.75) is 19.3 Å². The Labute approximate surface area is 112 Å². The number of halogens is 2. The van der Waals surface area contributed by atoms with Gasteiger partial charge in [-0.3, -0.25) is 0 Å². The van der Waals surface area contributed by atoms with E-state index < -0.39 is 0 Å². The molecule has 0 saturated carbocycles. The van der Waals surface area contributed by atoms with Crippen LogP contribution in [0.5, 0.6) is 0 Å². The summed E-state index contributed by atoms with van der Waals surface area (Å²) in [5.74, 6) is -0.358. The first kappa shape index (κ1) is 13.8. The van der Waals surface area contributed by atoms with Crippen molar-refractivity contribution in [1.29, 1.82) is 0 Å². The van der Waals surface area contributed by atoms with Gasteiger partial charge in [0.25, 0.3) is 0 Å². The fourth-order valence-corrected chi connectivity index (χ4v) is 2.91. The van der Waals surface area contributed by atoms with Crippen LogP contribution in [-0.2, 0) is 11.2 Å². The predicted molar refractivity (Wildman–Crippen MR) is 71.5 cm³/mol. The van der Waals surface area contributed by atoms with Gasteiger partial charge in [0.2, 0.25) is 0 Å². The van der Waals surface area contributed by atoms with Crippen molar-refractivity contribution in [3.8, 4) is 0 Å². The lowest BCUT2D eigenvalue weighted by molar-refractivity contribution is -0.00624. The van der Waals surface area contributed by atoms with E-state index in [1.165, 1.54) is 6.07 Å². The summed E-state index contributed by atoms with van der Waals surface area (Å²) in [6, 6.07) is 4.98. The van der Waals surface area contributed by atoms with Crippen molar-refractivity contribution < 1.29 is 9.13 Å². The summed E-state index contributed by atoms with van der Waals surface area (Å²) in [4.78, 5) is 0. The number of nitrogens with one attached hydrogen (secondary N) is 1. The highest BCUT2D eigenvalue weighted by Crippen LogP contribution is 2.32. The first-order valence-electron chi connectivity index (χ1n) is 6.31. The van der Waals surface area contributed by atoms with Gasteiger partial charge in [-0.15, -0.1) is 0 Å². The average Bonchev–Trinajstić information content (AvgIpc) is 2.35. The van der Waals surface area contributed by atoms with Crippen molar-refractivity contribution >= 4 is 11.6 Å². The van der Waals surface area contributed by atoms with Crippen LogP contribution in [0.25, 0.3) is 0 Å². The van der Waals surface area contributed by atoms with E-state index in [9.17, 15) is 4.39 Å². The Hall–Kier alpha value is -0.640. The van der Waals surface area contributed by atoms with Crippen LogP contribution in [0.2, 0.25) is 5.02 Å². The van der Waals surface area contributed by atoms with E-state index in [4.69, 9.17) is 16.3 Å². The van der Waals surface area contributed by atoms with Crippen LogP contribution < -0.4 is 5.32 Å². The molecule has 18 heavy (non-hydrogen) atoms. The van der Waals surface area contributed by atoms with Gasteiger partial charge in [-0.25, -0.2) is 4.39 Å². The minimum Gasteiger partial charge on any atom is -0.381 e. The van der Waals surface area contributed by atoms with Crippen LogP contribution in [0.4, 0.5) is 4.39 Å². The molecule has 1 aromatic carbocycles. The van der Waals surface area contributed by atoms with E-state index in [0.29, 0.717) is 0 Å². The molecule has 2 rings (SSSR count). The summed E-state index contributed by atoms with van der Waals surface area (Å²) in [5.41, 5.74) is 1.18. The molecule has 1 heterocycles. The Balaban J connectivity index is 2.14. The maximum absolute atomic E-state index is 13.2. The third kappa shape index (κ3) is 3.22. The molecule has 1 N–H and O–H groups in total. The number of benzene rings is 1. The van der Waals surface area contributed by atoms with Gasteiger partial charge in [0.15, 0.2) is 0 Å². The lowest BCUT2D eigenvalue weighted by Crippen LogP contribution is -2.41. The molecule has 1 aliphatic heterocycles. The first-order valence-corrected chi connectivity index (χ1v) is 6.69. The van der Waals surface area contributed by atoms with Crippen molar-refractivity contribution in [2.75, 3.05) is 26.8 Å². The summed E-state index contributed by atoms with van der Waals surface area (Å²) < 4.78 is 18.8. The van der Waals surface area contributed by atoms with Crippen LogP contribution in [-0.4, -0.2) is 26.8 Å². The normalized spacial score (nSPS) is 24.2. The average molecular weight is 272 g/mol. The molecule has 0 aliphatic carbocycles. The Morgan fingerprint density at radius 2 is 2.33 bits per heavy atom. The van der Waals surface area contributed by atoms with Crippen LogP contribution in [0.3, 0.4) is 0 Å². The molecule has 1 atom stereocenters. The Morgan fingerprint density at radius 1 is 1.50 bits per heavy atom. The van der Waals surface area contributed by atoms with Crippen LogP contribution in [0, 0.1) is 11.2 Å². The molecule has 0 bridgehead atoms. The van der Waals surface area contributed by atoms with E-state index in [0.717, 1.165) is 44.6 Å². The van der Waals surface area contributed by atoms with Gasteiger partial charge in [0, 0.05) is 18.6 Å². The van der Waals surface area contributed by atoms with Gasteiger partial charge in [0.1, 0.15) is 5.82 Å². The van der Waals surface area contributed by atoms with Crippen molar-refractivity contribution in [3.05, 3.63) is 34.6 Å². The SMILES string of the molecule is CNCC1(Cc2ccc(F)c(Cl)c2)CCCOC1. The van der Waals surface area contributed by atoms with Crippen molar-refractivity contribution in [2.24, 2.45) is 5.41 Å². The second-order valence-electron chi connectivity index (χ2n) is 5.11. The second kappa shape index (κ2) is 6.00. The maximum Gasteiger partial charge on any atom is 0.141 e. The molecule has 0 amide bonds. The van der Waals surface area contributed by atoms with E-state index in [2.05, 4.69) is 5.32 Å². The summed E-state index contributed by atoms with van der Waals surface area (Å²) in [6.07, 6.45) is 3.08. The quantitative estimate of drug-likeness (QED) is 0.909. The second-order valence-corrected chi connectivity index (χ2v) is 5.52. The topological polar surface area (TPSA) is 21.3 Å². The minimum atomic E-state index is -0.358. The fourth-order valence-electron chi connectivity index (χ4n) is 2.71. The van der Waals surface area contributed by atoms with E-state index >= 15 is 0 Å². The van der Waals surface area contributed by atoms with Crippen molar-refractivity contribution in [3.63, 3.8) is 0 Å². The van der Waals surface area contributed by atoms with E-state index in [1.807, 2.05) is 13.1 Å². The molecular weight excluding hydrogens is 253 g/mol. The lowest BCUT2D eigenvalue weighted by Gasteiger charge is -2.37. The summed E-state index contributed by atoms with van der Waals surface area (Å²) in [7, 11) is 1.95. The fraction of sp³-hybridized carbons (Fsp3) is 0.571. The number of ether oxygens (including phenoxy) is 1. The molecule has 0 spiro atoms. The van der Waals surface area contributed by atoms with Crippen molar-refractivity contribution in [1.82, 2.24) is 5.32 Å². The summed E-state index contributed by atoms with van der Waals surface area (Å²) >= 11 is 5.83. The standard InChI is InChI=1S/C14H19ClFNO/c1-17-9-14(5-2-6-18-10-14)8-11-3-4-13(16)12(15)7-11/h3-4,7,17H,2,5-6,8-10H2,1H3. The van der Waals surface area contributed by atoms with Gasteiger partial charge in [0.05, 0.1) is 11.6 Å². The van der Waals surface area contributed by atoms with Gasteiger partial charge in [-0.2, -0.15) is 0 Å². The highest BCUT2D eigenvalue weighted by molar-refractivity contribution is 6.30. The Morgan fingerprint density at radius 3 is 2.94 bits per heavy atom. The summed E-state index contributed by atoms with van der Waals surface area (Å²) in [6.45, 7) is 2.50. The van der Waals surface area contributed by atoms with Gasteiger partial charge >= 0.3 is 0 Å². The summed E-state index contributed by atoms with van der Waals surface area (Å²) in [5, 5.41) is 3.44. The molecule has 1 fully saturated rings. The third-order valence-electron chi connectivity index (χ3n) is 3.52. The van der Waals surface area contributed by atoms with Crippen LogP contribution in [0.1, 0.15) is 18.4 Å². The molecule has 1 aromatic rings. The van der Waals surface area contributed by atoms with Gasteiger partial charge in [-0.05, 0) is 44.0 Å².